The average molecular weight is 276 g/mol. The number of nitrogens with zero attached hydrogens (tertiary/aromatic N) is 1. The van der Waals surface area contributed by atoms with Gasteiger partial charge in [-0.25, -0.2) is 4.79 Å². The van der Waals surface area contributed by atoms with Gasteiger partial charge in [0.25, 0.3) is 0 Å². The van der Waals surface area contributed by atoms with E-state index in [4.69, 9.17) is 15.6 Å². The van der Waals surface area contributed by atoms with Crippen molar-refractivity contribution in [1.29, 1.82) is 0 Å². The third-order valence-corrected chi connectivity index (χ3v) is 4.32. The molecule has 2 aliphatic rings. The lowest BCUT2D eigenvalue weighted by molar-refractivity contribution is -0.00862. The van der Waals surface area contributed by atoms with E-state index in [1.807, 2.05) is 0 Å². The maximum Gasteiger partial charge on any atom is 0.335 e. The predicted octanol–water partition coefficient (Wildman–Crippen LogP) is 2.11. The molecule has 5 nitrogen and oxygen atoms in total. The van der Waals surface area contributed by atoms with Gasteiger partial charge in [0.2, 0.25) is 0 Å². The number of nitrogen functional groups attached to an aromatic ring is 1. The summed E-state index contributed by atoms with van der Waals surface area (Å²) in [5.41, 5.74) is 7.83. The van der Waals surface area contributed by atoms with E-state index in [1.54, 1.807) is 18.2 Å². The molecule has 0 spiro atoms. The standard InChI is InChI=1S/C15H20N2O3/c16-11-6-5-10(15(18)19)9-13(11)17-7-8-20-14-4-2-1-3-12(14)17/h5-6,9,12,14H,1-4,7-8,16H2,(H,18,19). The number of morpholine rings is 1. The molecule has 108 valence electrons. The number of carboxylic acid groups (broad SMARTS) is 1. The number of nitrogens with two attached hydrogens (primary N) is 1. The van der Waals surface area contributed by atoms with Crippen LogP contribution in [0.4, 0.5) is 11.4 Å². The Morgan fingerprint density at radius 3 is 2.95 bits per heavy atom. The van der Waals surface area contributed by atoms with Gasteiger partial charge in [0.15, 0.2) is 0 Å². The maximum atomic E-state index is 11.1. The van der Waals surface area contributed by atoms with Gasteiger partial charge < -0.3 is 20.5 Å². The molecule has 0 amide bonds. The summed E-state index contributed by atoms with van der Waals surface area (Å²) in [4.78, 5) is 13.4. The summed E-state index contributed by atoms with van der Waals surface area (Å²) < 4.78 is 5.85. The molecule has 0 bridgehead atoms. The summed E-state index contributed by atoms with van der Waals surface area (Å²) >= 11 is 0. The second-order valence-electron chi connectivity index (χ2n) is 5.53. The lowest BCUT2D eigenvalue weighted by Gasteiger charge is -2.45. The quantitative estimate of drug-likeness (QED) is 0.809. The van der Waals surface area contributed by atoms with Crippen LogP contribution in [0.2, 0.25) is 0 Å². The van der Waals surface area contributed by atoms with Crippen molar-refractivity contribution in [2.45, 2.75) is 37.8 Å². The fraction of sp³-hybridized carbons (Fsp3) is 0.533. The predicted molar refractivity (Wildman–Crippen MR) is 77.2 cm³/mol. The number of fused-ring (bicyclic) bond motifs is 1. The Balaban J connectivity index is 1.94. The van der Waals surface area contributed by atoms with Crippen molar-refractivity contribution >= 4 is 17.3 Å². The molecule has 1 aromatic rings. The molecule has 1 aromatic carbocycles. The lowest BCUT2D eigenvalue weighted by atomic mass is 9.89. The van der Waals surface area contributed by atoms with Crippen LogP contribution >= 0.6 is 0 Å². The molecular formula is C15H20N2O3. The Morgan fingerprint density at radius 2 is 2.15 bits per heavy atom. The van der Waals surface area contributed by atoms with E-state index in [0.29, 0.717) is 18.3 Å². The molecule has 2 unspecified atom stereocenters. The van der Waals surface area contributed by atoms with Crippen LogP contribution in [0.3, 0.4) is 0 Å². The summed E-state index contributed by atoms with van der Waals surface area (Å²) in [6, 6.07) is 5.25. The van der Waals surface area contributed by atoms with Crippen LogP contribution in [0.1, 0.15) is 36.0 Å². The highest BCUT2D eigenvalue weighted by molar-refractivity contribution is 5.90. The van der Waals surface area contributed by atoms with Gasteiger partial charge in [-0.2, -0.15) is 0 Å². The number of anilines is 2. The van der Waals surface area contributed by atoms with Crippen molar-refractivity contribution < 1.29 is 14.6 Å². The van der Waals surface area contributed by atoms with Crippen LogP contribution in [0.25, 0.3) is 0 Å². The van der Waals surface area contributed by atoms with Gasteiger partial charge in [0.1, 0.15) is 0 Å². The Bertz CT molecular complexity index is 516. The number of carbonyl (C=O) groups is 1. The van der Waals surface area contributed by atoms with Crippen molar-refractivity contribution in [1.82, 2.24) is 0 Å². The van der Waals surface area contributed by atoms with Gasteiger partial charge in [-0.05, 0) is 31.0 Å². The van der Waals surface area contributed by atoms with Gasteiger partial charge in [0, 0.05) is 6.54 Å². The van der Waals surface area contributed by atoms with E-state index in [2.05, 4.69) is 4.90 Å². The molecule has 1 aliphatic heterocycles. The molecule has 1 saturated heterocycles. The second kappa shape index (κ2) is 5.32. The van der Waals surface area contributed by atoms with Gasteiger partial charge in [-0.3, -0.25) is 0 Å². The highest BCUT2D eigenvalue weighted by Gasteiger charge is 2.35. The Kier molecular flexibility index (Phi) is 3.53. The summed E-state index contributed by atoms with van der Waals surface area (Å²) in [5, 5.41) is 9.15. The summed E-state index contributed by atoms with van der Waals surface area (Å²) in [7, 11) is 0. The number of benzene rings is 1. The first-order chi connectivity index (χ1) is 9.66. The first-order valence-corrected chi connectivity index (χ1v) is 7.18. The SMILES string of the molecule is Nc1ccc(C(=O)O)cc1N1CCOC2CCCCC21. The topological polar surface area (TPSA) is 75.8 Å². The number of rotatable bonds is 2. The third kappa shape index (κ3) is 2.33. The van der Waals surface area contributed by atoms with Crippen molar-refractivity contribution in [3.8, 4) is 0 Å². The molecule has 1 saturated carbocycles. The average Bonchev–Trinajstić information content (AvgIpc) is 2.47. The van der Waals surface area contributed by atoms with E-state index in [-0.39, 0.29) is 11.7 Å². The van der Waals surface area contributed by atoms with Crippen LogP contribution < -0.4 is 10.6 Å². The van der Waals surface area contributed by atoms with Crippen molar-refractivity contribution in [2.75, 3.05) is 23.8 Å². The molecule has 2 fully saturated rings. The highest BCUT2D eigenvalue weighted by Crippen LogP contribution is 2.35. The summed E-state index contributed by atoms with van der Waals surface area (Å²) in [6.07, 6.45) is 4.82. The summed E-state index contributed by atoms with van der Waals surface area (Å²) in [5.74, 6) is -0.917. The molecular weight excluding hydrogens is 256 g/mol. The van der Waals surface area contributed by atoms with Gasteiger partial charge in [-0.1, -0.05) is 12.8 Å². The van der Waals surface area contributed by atoms with Crippen LogP contribution in [0.5, 0.6) is 0 Å². The molecule has 1 heterocycles. The van der Waals surface area contributed by atoms with Crippen LogP contribution in [-0.4, -0.2) is 36.4 Å². The smallest absolute Gasteiger partial charge is 0.335 e. The second-order valence-corrected chi connectivity index (χ2v) is 5.53. The zero-order chi connectivity index (χ0) is 14.1. The zero-order valence-electron chi connectivity index (χ0n) is 11.4. The maximum absolute atomic E-state index is 11.1. The van der Waals surface area contributed by atoms with Gasteiger partial charge in [-0.15, -0.1) is 0 Å². The Hall–Kier alpha value is -1.75. The minimum Gasteiger partial charge on any atom is -0.478 e. The molecule has 2 atom stereocenters. The molecule has 20 heavy (non-hydrogen) atoms. The fourth-order valence-electron chi connectivity index (χ4n) is 3.32. The van der Waals surface area contributed by atoms with E-state index >= 15 is 0 Å². The molecule has 5 heteroatoms. The van der Waals surface area contributed by atoms with Gasteiger partial charge >= 0.3 is 5.97 Å². The Morgan fingerprint density at radius 1 is 1.35 bits per heavy atom. The van der Waals surface area contributed by atoms with E-state index in [0.717, 1.165) is 25.1 Å². The molecule has 0 aromatic heterocycles. The molecule has 0 radical (unpaired) electrons. The van der Waals surface area contributed by atoms with Crippen LogP contribution in [-0.2, 0) is 4.74 Å². The van der Waals surface area contributed by atoms with E-state index in [1.165, 1.54) is 12.8 Å². The molecule has 3 rings (SSSR count). The van der Waals surface area contributed by atoms with Gasteiger partial charge in [0.05, 0.1) is 35.7 Å². The van der Waals surface area contributed by atoms with Crippen molar-refractivity contribution in [3.05, 3.63) is 23.8 Å². The molecule has 1 aliphatic carbocycles. The number of carboxylic acids is 1. The van der Waals surface area contributed by atoms with Crippen molar-refractivity contribution in [3.63, 3.8) is 0 Å². The number of hydrogen-bond acceptors (Lipinski definition) is 4. The first kappa shape index (κ1) is 13.2. The number of hydrogen-bond donors (Lipinski definition) is 2. The number of ether oxygens (including phenoxy) is 1. The van der Waals surface area contributed by atoms with Crippen LogP contribution in [0.15, 0.2) is 18.2 Å². The molecule has 3 N–H and O–H groups in total. The lowest BCUT2D eigenvalue weighted by Crippen LogP contribution is -2.53. The largest absolute Gasteiger partial charge is 0.478 e. The number of aromatic carboxylic acids is 1. The summed E-state index contributed by atoms with van der Waals surface area (Å²) in [6.45, 7) is 1.45. The normalized spacial score (nSPS) is 26.1. The third-order valence-electron chi connectivity index (χ3n) is 4.32. The zero-order valence-corrected chi connectivity index (χ0v) is 11.4. The highest BCUT2D eigenvalue weighted by atomic mass is 16.5. The van der Waals surface area contributed by atoms with E-state index in [9.17, 15) is 4.79 Å². The fourth-order valence-corrected chi connectivity index (χ4v) is 3.32. The van der Waals surface area contributed by atoms with E-state index < -0.39 is 5.97 Å². The Labute approximate surface area is 118 Å². The monoisotopic (exact) mass is 276 g/mol. The van der Waals surface area contributed by atoms with Crippen molar-refractivity contribution in [2.24, 2.45) is 0 Å². The first-order valence-electron chi connectivity index (χ1n) is 7.18. The van der Waals surface area contributed by atoms with Crippen LogP contribution in [0, 0.1) is 0 Å². The minimum absolute atomic E-state index is 0.255. The minimum atomic E-state index is -0.917.